The van der Waals surface area contributed by atoms with Crippen molar-refractivity contribution in [1.82, 2.24) is 10.6 Å². The molecule has 1 saturated heterocycles. The van der Waals surface area contributed by atoms with Gasteiger partial charge in [0.15, 0.2) is 0 Å². The topological polar surface area (TPSA) is 41.1 Å². The molecule has 0 aliphatic carbocycles. The number of halogens is 1. The number of hydrogen-bond acceptors (Lipinski definition) is 2. The molecule has 1 amide bonds. The van der Waals surface area contributed by atoms with Crippen LogP contribution in [0.1, 0.15) is 39.2 Å². The Balaban J connectivity index is 1.95. The molecule has 3 nitrogen and oxygen atoms in total. The van der Waals surface area contributed by atoms with Crippen molar-refractivity contribution in [2.24, 2.45) is 5.92 Å². The lowest BCUT2D eigenvalue weighted by atomic mass is 9.84. The Bertz CT molecular complexity index is 501. The van der Waals surface area contributed by atoms with Gasteiger partial charge in [0.2, 0.25) is 5.91 Å². The molecule has 2 N–H and O–H groups in total. The molecule has 21 heavy (non-hydrogen) atoms. The van der Waals surface area contributed by atoms with Crippen molar-refractivity contribution in [3.63, 3.8) is 0 Å². The van der Waals surface area contributed by atoms with Gasteiger partial charge in [-0.25, -0.2) is 0 Å². The van der Waals surface area contributed by atoms with Gasteiger partial charge in [-0.2, -0.15) is 0 Å². The predicted molar refractivity (Wildman–Crippen MR) is 90.4 cm³/mol. The van der Waals surface area contributed by atoms with Crippen molar-refractivity contribution in [3.8, 4) is 0 Å². The monoisotopic (exact) mass is 352 g/mol. The van der Waals surface area contributed by atoms with Gasteiger partial charge in [-0.05, 0) is 37.9 Å². The number of nitrogens with one attached hydrogen (secondary N) is 2. The third-order valence-electron chi connectivity index (χ3n) is 4.30. The van der Waals surface area contributed by atoms with E-state index in [-0.39, 0.29) is 17.2 Å². The molecular formula is C17H25BrN2O. The van der Waals surface area contributed by atoms with Crippen molar-refractivity contribution in [3.05, 3.63) is 34.3 Å². The summed E-state index contributed by atoms with van der Waals surface area (Å²) in [5, 5.41) is 6.54. The molecule has 0 spiro atoms. The molecule has 0 radical (unpaired) electrons. The molecule has 0 unspecified atom stereocenters. The van der Waals surface area contributed by atoms with Crippen molar-refractivity contribution < 1.29 is 4.79 Å². The van der Waals surface area contributed by atoms with E-state index in [2.05, 4.69) is 53.4 Å². The van der Waals surface area contributed by atoms with E-state index in [0.717, 1.165) is 23.9 Å². The smallest absolute Gasteiger partial charge is 0.223 e. The number of benzene rings is 1. The van der Waals surface area contributed by atoms with Crippen LogP contribution in [0.25, 0.3) is 0 Å². The highest BCUT2D eigenvalue weighted by atomic mass is 79.9. The number of rotatable bonds is 4. The van der Waals surface area contributed by atoms with Gasteiger partial charge in [-0.1, -0.05) is 48.0 Å². The molecule has 2 atom stereocenters. The van der Waals surface area contributed by atoms with Crippen LogP contribution in [0.4, 0.5) is 0 Å². The fourth-order valence-corrected chi connectivity index (χ4v) is 3.75. The molecule has 1 heterocycles. The first kappa shape index (κ1) is 16.5. The second-order valence-electron chi connectivity index (χ2n) is 6.66. The highest BCUT2D eigenvalue weighted by molar-refractivity contribution is 9.10. The molecule has 2 rings (SSSR count). The van der Waals surface area contributed by atoms with E-state index in [1.165, 1.54) is 5.56 Å². The second kappa shape index (κ2) is 6.93. The van der Waals surface area contributed by atoms with Crippen LogP contribution < -0.4 is 10.6 Å². The van der Waals surface area contributed by atoms with Crippen LogP contribution in [0.3, 0.4) is 0 Å². The largest absolute Gasteiger partial charge is 0.355 e. The van der Waals surface area contributed by atoms with Crippen LogP contribution in [0, 0.1) is 5.92 Å². The number of carbonyl (C=O) groups excluding carboxylic acids is 1. The summed E-state index contributed by atoms with van der Waals surface area (Å²) in [4.78, 5) is 12.4. The van der Waals surface area contributed by atoms with Crippen LogP contribution in [0.2, 0.25) is 0 Å². The summed E-state index contributed by atoms with van der Waals surface area (Å²) in [7, 11) is 0. The molecule has 1 aliphatic rings. The Morgan fingerprint density at radius 1 is 1.43 bits per heavy atom. The maximum atomic E-state index is 12.4. The average Bonchev–Trinajstić information content (AvgIpc) is 2.45. The van der Waals surface area contributed by atoms with E-state index in [4.69, 9.17) is 0 Å². The number of amides is 1. The SMILES string of the molecule is C[C@H]1C[C@@H](C(=O)NCC(C)(C)c2ccccc2Br)CCN1. The number of piperidine rings is 1. The van der Waals surface area contributed by atoms with Gasteiger partial charge in [-0.15, -0.1) is 0 Å². The summed E-state index contributed by atoms with van der Waals surface area (Å²) in [6, 6.07) is 8.65. The molecule has 1 fully saturated rings. The summed E-state index contributed by atoms with van der Waals surface area (Å²) < 4.78 is 1.10. The van der Waals surface area contributed by atoms with Crippen LogP contribution in [-0.2, 0) is 10.2 Å². The Morgan fingerprint density at radius 2 is 2.14 bits per heavy atom. The van der Waals surface area contributed by atoms with Crippen LogP contribution >= 0.6 is 15.9 Å². The van der Waals surface area contributed by atoms with Crippen molar-refractivity contribution in [2.45, 2.75) is 45.1 Å². The zero-order chi connectivity index (χ0) is 15.5. The molecular weight excluding hydrogens is 328 g/mol. The molecule has 1 aliphatic heterocycles. The van der Waals surface area contributed by atoms with Crippen molar-refractivity contribution >= 4 is 21.8 Å². The average molecular weight is 353 g/mol. The van der Waals surface area contributed by atoms with E-state index in [0.29, 0.717) is 12.6 Å². The van der Waals surface area contributed by atoms with Crippen LogP contribution in [0.15, 0.2) is 28.7 Å². The first-order chi connectivity index (χ1) is 9.90. The van der Waals surface area contributed by atoms with Crippen LogP contribution in [0.5, 0.6) is 0 Å². The predicted octanol–water partition coefficient (Wildman–Crippen LogP) is 3.23. The third kappa shape index (κ3) is 4.30. The minimum Gasteiger partial charge on any atom is -0.355 e. The number of hydrogen-bond donors (Lipinski definition) is 2. The standard InChI is InChI=1S/C17H25BrN2O/c1-12-10-13(8-9-19-12)16(21)20-11-17(2,3)14-6-4-5-7-15(14)18/h4-7,12-13,19H,8-11H2,1-3H3,(H,20,21)/t12-,13-/m0/s1. The van der Waals surface area contributed by atoms with Crippen molar-refractivity contribution in [2.75, 3.05) is 13.1 Å². The van der Waals surface area contributed by atoms with Gasteiger partial charge in [0.1, 0.15) is 0 Å². The molecule has 116 valence electrons. The Labute approximate surface area is 136 Å². The summed E-state index contributed by atoms with van der Waals surface area (Å²) >= 11 is 3.60. The van der Waals surface area contributed by atoms with Gasteiger partial charge in [0, 0.05) is 28.4 Å². The molecule has 1 aromatic carbocycles. The van der Waals surface area contributed by atoms with Gasteiger partial charge < -0.3 is 10.6 Å². The summed E-state index contributed by atoms with van der Waals surface area (Å²) in [5.41, 5.74) is 1.14. The van der Waals surface area contributed by atoms with E-state index in [9.17, 15) is 4.79 Å². The van der Waals surface area contributed by atoms with E-state index >= 15 is 0 Å². The summed E-state index contributed by atoms with van der Waals surface area (Å²) in [6.45, 7) is 8.07. The van der Waals surface area contributed by atoms with Gasteiger partial charge in [0.05, 0.1) is 0 Å². The summed E-state index contributed by atoms with van der Waals surface area (Å²) in [6.07, 6.45) is 1.87. The second-order valence-corrected chi connectivity index (χ2v) is 7.51. The van der Waals surface area contributed by atoms with Crippen molar-refractivity contribution in [1.29, 1.82) is 0 Å². The number of carbonyl (C=O) groups is 1. The molecule has 4 heteroatoms. The molecule has 0 bridgehead atoms. The Hall–Kier alpha value is -0.870. The molecule has 0 saturated carbocycles. The van der Waals surface area contributed by atoms with Crippen LogP contribution in [-0.4, -0.2) is 25.0 Å². The fourth-order valence-electron chi connectivity index (χ4n) is 2.93. The lowest BCUT2D eigenvalue weighted by molar-refractivity contribution is -0.126. The van der Waals surface area contributed by atoms with Gasteiger partial charge >= 0.3 is 0 Å². The molecule has 1 aromatic rings. The first-order valence-electron chi connectivity index (χ1n) is 7.66. The zero-order valence-electron chi connectivity index (χ0n) is 13.1. The maximum absolute atomic E-state index is 12.4. The third-order valence-corrected chi connectivity index (χ3v) is 4.99. The van der Waals surface area contributed by atoms with E-state index < -0.39 is 0 Å². The Kier molecular flexibility index (Phi) is 5.44. The summed E-state index contributed by atoms with van der Waals surface area (Å²) in [5.74, 6) is 0.347. The highest BCUT2D eigenvalue weighted by Crippen LogP contribution is 2.29. The van der Waals surface area contributed by atoms with Gasteiger partial charge in [0.25, 0.3) is 0 Å². The first-order valence-corrected chi connectivity index (χ1v) is 8.45. The maximum Gasteiger partial charge on any atom is 0.223 e. The lowest BCUT2D eigenvalue weighted by Crippen LogP contribution is -2.45. The van der Waals surface area contributed by atoms with Gasteiger partial charge in [-0.3, -0.25) is 4.79 Å². The van der Waals surface area contributed by atoms with E-state index in [1.807, 2.05) is 18.2 Å². The highest BCUT2D eigenvalue weighted by Gasteiger charge is 2.28. The quantitative estimate of drug-likeness (QED) is 0.873. The zero-order valence-corrected chi connectivity index (χ0v) is 14.7. The normalized spacial score (nSPS) is 22.9. The minimum absolute atomic E-state index is 0.0890. The fraction of sp³-hybridized carbons (Fsp3) is 0.588. The Morgan fingerprint density at radius 3 is 2.81 bits per heavy atom. The molecule has 0 aromatic heterocycles. The van der Waals surface area contributed by atoms with E-state index in [1.54, 1.807) is 0 Å². The lowest BCUT2D eigenvalue weighted by Gasteiger charge is -2.30. The minimum atomic E-state index is -0.0890.